The molecule has 1 atom stereocenters. The van der Waals surface area contributed by atoms with Gasteiger partial charge in [-0.3, -0.25) is 9.59 Å². The lowest BCUT2D eigenvalue weighted by Gasteiger charge is -2.30. The number of aryl methyl sites for hydroxylation is 1. The second-order valence-corrected chi connectivity index (χ2v) is 8.82. The third kappa shape index (κ3) is 6.11. The molecule has 30 heavy (non-hydrogen) atoms. The number of Topliss-reactive ketones (excluding diaryl/α,β-unsaturated/α-hetero) is 1. The number of carbonyl (C=O) groups is 2. The Morgan fingerprint density at radius 2 is 2.00 bits per heavy atom. The third-order valence-electron chi connectivity index (χ3n) is 5.22. The average Bonchev–Trinajstić information content (AvgIpc) is 2.67. The molecule has 0 aliphatic carbocycles. The van der Waals surface area contributed by atoms with E-state index in [1.165, 1.54) is 0 Å². The molecule has 1 aliphatic heterocycles. The van der Waals surface area contributed by atoms with Crippen LogP contribution in [-0.2, 0) is 27.2 Å². The van der Waals surface area contributed by atoms with E-state index in [1.54, 1.807) is 0 Å². The number of amides is 1. The summed E-state index contributed by atoms with van der Waals surface area (Å²) in [7, 11) is -1.15. The van der Waals surface area contributed by atoms with E-state index in [0.717, 1.165) is 24.0 Å². The highest BCUT2D eigenvalue weighted by molar-refractivity contribution is 6.46. The van der Waals surface area contributed by atoms with Crippen molar-refractivity contribution in [1.82, 2.24) is 5.32 Å². The number of ketones is 1. The maximum absolute atomic E-state index is 12.1. The Hall–Kier alpha value is -2.28. The van der Waals surface area contributed by atoms with Gasteiger partial charge in [-0.2, -0.15) is 0 Å². The van der Waals surface area contributed by atoms with Crippen LogP contribution in [0.15, 0.2) is 18.7 Å². The molecule has 1 unspecified atom stereocenters. The number of hydrogen-bond acceptors (Lipinski definition) is 5. The van der Waals surface area contributed by atoms with Gasteiger partial charge in [-0.25, -0.2) is 0 Å². The minimum absolute atomic E-state index is 0.100. The van der Waals surface area contributed by atoms with Crippen LogP contribution in [0, 0.1) is 5.41 Å². The lowest BCUT2D eigenvalue weighted by molar-refractivity contribution is -0.127. The molecule has 0 bridgehead atoms. The number of rotatable bonds is 9. The van der Waals surface area contributed by atoms with Gasteiger partial charge < -0.3 is 19.7 Å². The Morgan fingerprint density at radius 3 is 2.60 bits per heavy atom. The summed E-state index contributed by atoms with van der Waals surface area (Å²) in [5.41, 5.74) is 2.24. The highest BCUT2D eigenvalue weighted by Gasteiger charge is 2.37. The first-order chi connectivity index (χ1) is 14.1. The molecule has 2 N–H and O–H groups in total. The van der Waals surface area contributed by atoms with Crippen molar-refractivity contribution in [1.29, 1.82) is 0 Å². The average molecular weight is 415 g/mol. The van der Waals surface area contributed by atoms with Crippen molar-refractivity contribution in [2.24, 2.45) is 5.41 Å². The molecule has 6 nitrogen and oxygen atoms in total. The summed E-state index contributed by atoms with van der Waals surface area (Å²) in [6.07, 6.45) is 2.72. The summed E-state index contributed by atoms with van der Waals surface area (Å²) in [6.45, 7) is 13.9. The molecule has 7 heteroatoms. The lowest BCUT2D eigenvalue weighted by atomic mass is 9.72. The minimum atomic E-state index is -1.15. The minimum Gasteiger partial charge on any atom is -0.534 e. The molecule has 0 aromatic heterocycles. The van der Waals surface area contributed by atoms with Gasteiger partial charge in [0.2, 0.25) is 5.91 Å². The number of fused-ring (bicyclic) bond motifs is 1. The molecule has 1 aliphatic rings. The molecule has 1 aromatic rings. The number of benzene rings is 1. The first kappa shape index (κ1) is 24.0. The summed E-state index contributed by atoms with van der Waals surface area (Å²) >= 11 is 0. The van der Waals surface area contributed by atoms with Crippen LogP contribution < -0.4 is 9.97 Å². The molecule has 0 radical (unpaired) electrons. The Labute approximate surface area is 180 Å². The van der Waals surface area contributed by atoms with E-state index in [9.17, 15) is 14.6 Å². The van der Waals surface area contributed by atoms with Gasteiger partial charge in [0.1, 0.15) is 17.3 Å². The Balaban J connectivity index is 2.17. The number of ether oxygens (including phenoxy) is 1. The maximum Gasteiger partial charge on any atom is 0.547 e. The molecule has 164 valence electrons. The van der Waals surface area contributed by atoms with Gasteiger partial charge in [0.15, 0.2) is 0 Å². The van der Waals surface area contributed by atoms with Crippen LogP contribution in [0.4, 0.5) is 0 Å². The van der Waals surface area contributed by atoms with Crippen LogP contribution in [0.25, 0.3) is 5.76 Å². The molecule has 0 saturated heterocycles. The Morgan fingerprint density at radius 1 is 1.30 bits per heavy atom. The molecule has 0 spiro atoms. The van der Waals surface area contributed by atoms with Crippen molar-refractivity contribution in [2.75, 3.05) is 6.61 Å². The van der Waals surface area contributed by atoms with Crippen LogP contribution >= 0.6 is 0 Å². The zero-order chi connectivity index (χ0) is 22.5. The van der Waals surface area contributed by atoms with Gasteiger partial charge in [0.25, 0.3) is 0 Å². The lowest BCUT2D eigenvalue weighted by Crippen LogP contribution is -2.53. The zero-order valence-electron chi connectivity index (χ0n) is 18.8. The quantitative estimate of drug-likeness (QED) is 0.477. The molecular formula is C23H34BNO5. The van der Waals surface area contributed by atoms with Crippen LogP contribution in [0.5, 0.6) is 5.75 Å². The van der Waals surface area contributed by atoms with Crippen LogP contribution in [0.2, 0.25) is 0 Å². The number of hydrogen-bond donors (Lipinski definition) is 2. The largest absolute Gasteiger partial charge is 0.547 e. The molecule has 1 amide bonds. The number of carbonyl (C=O) groups excluding carboxylic acids is 2. The molecule has 2 rings (SSSR count). The van der Waals surface area contributed by atoms with Gasteiger partial charge in [0.05, 0.1) is 18.1 Å². The Kier molecular flexibility index (Phi) is 8.13. The first-order valence-corrected chi connectivity index (χ1v) is 10.7. The molecule has 1 heterocycles. The summed E-state index contributed by atoms with van der Waals surface area (Å²) in [6, 6.07) is 3.97. The first-order valence-electron chi connectivity index (χ1n) is 10.7. The highest BCUT2D eigenvalue weighted by Crippen LogP contribution is 2.36. The van der Waals surface area contributed by atoms with Gasteiger partial charge in [-0.15, -0.1) is 0 Å². The van der Waals surface area contributed by atoms with Crippen molar-refractivity contribution < 1.29 is 24.0 Å². The topological polar surface area (TPSA) is 84.9 Å². The molecule has 0 saturated carbocycles. The molecule has 0 fully saturated rings. The van der Waals surface area contributed by atoms with Crippen molar-refractivity contribution >= 4 is 24.6 Å². The van der Waals surface area contributed by atoms with E-state index >= 15 is 0 Å². The Bertz CT molecular complexity index is 800. The van der Waals surface area contributed by atoms with Crippen LogP contribution in [0.3, 0.4) is 0 Å². The van der Waals surface area contributed by atoms with Crippen LogP contribution in [0.1, 0.15) is 70.6 Å². The second kappa shape index (κ2) is 10.2. The fourth-order valence-electron chi connectivity index (χ4n) is 3.35. The smallest absolute Gasteiger partial charge is 0.534 e. The fourth-order valence-corrected chi connectivity index (χ4v) is 3.35. The molecule has 1 aromatic carbocycles. The van der Waals surface area contributed by atoms with Gasteiger partial charge in [0, 0.05) is 18.3 Å². The van der Waals surface area contributed by atoms with Crippen molar-refractivity contribution in [3.63, 3.8) is 0 Å². The fraction of sp³-hybridized carbons (Fsp3) is 0.565. The van der Waals surface area contributed by atoms with Crippen molar-refractivity contribution in [3.8, 4) is 5.75 Å². The predicted molar refractivity (Wildman–Crippen MR) is 119 cm³/mol. The summed E-state index contributed by atoms with van der Waals surface area (Å²) < 4.78 is 11.6. The summed E-state index contributed by atoms with van der Waals surface area (Å²) in [5.74, 6) is 0.445. The van der Waals surface area contributed by atoms with Gasteiger partial charge in [-0.1, -0.05) is 47.3 Å². The maximum atomic E-state index is 12.1. The second-order valence-electron chi connectivity index (χ2n) is 8.82. The molecular weight excluding hydrogens is 381 g/mol. The number of nitrogens with one attached hydrogen (secondary N) is 1. The monoisotopic (exact) mass is 415 g/mol. The third-order valence-corrected chi connectivity index (χ3v) is 5.22. The standard InChI is InChI=1S/C23H34BNO5/c1-7-9-21(27)25-20-14-17-12-16(8-2)13-18(22(17)30-24(20)28)15(3)29-11-10-19(26)23(4,5)6/h12-13,20,28H,3,7-11,14H2,1-2,4-6H3,(H,25,27). The summed E-state index contributed by atoms with van der Waals surface area (Å²) in [4.78, 5) is 24.1. The van der Waals surface area contributed by atoms with E-state index in [-0.39, 0.29) is 18.3 Å². The van der Waals surface area contributed by atoms with E-state index < -0.39 is 18.5 Å². The van der Waals surface area contributed by atoms with E-state index in [1.807, 2.05) is 39.8 Å². The summed E-state index contributed by atoms with van der Waals surface area (Å²) in [5, 5.41) is 13.3. The van der Waals surface area contributed by atoms with Gasteiger partial charge >= 0.3 is 7.12 Å². The zero-order valence-corrected chi connectivity index (χ0v) is 18.8. The van der Waals surface area contributed by atoms with Crippen molar-refractivity contribution in [3.05, 3.63) is 35.4 Å². The normalized spacial score (nSPS) is 15.8. The van der Waals surface area contributed by atoms with E-state index in [4.69, 9.17) is 9.39 Å². The SMILES string of the molecule is C=C(OCCC(=O)C(C)(C)C)c1cc(CC)cc2c1OB(O)C(NC(=O)CCC)C2. The van der Waals surface area contributed by atoms with Crippen LogP contribution in [-0.4, -0.2) is 36.4 Å². The predicted octanol–water partition coefficient (Wildman–Crippen LogP) is 3.48. The van der Waals surface area contributed by atoms with Gasteiger partial charge in [-0.05, 0) is 36.5 Å². The van der Waals surface area contributed by atoms with E-state index in [0.29, 0.717) is 36.3 Å². The van der Waals surface area contributed by atoms with Crippen molar-refractivity contribution in [2.45, 2.75) is 72.7 Å². The highest BCUT2D eigenvalue weighted by atomic mass is 16.5. The van der Waals surface area contributed by atoms with E-state index in [2.05, 4.69) is 18.8 Å².